The molecule has 0 unspecified atom stereocenters. The molecule has 1 aromatic carbocycles. The van der Waals surface area contributed by atoms with Crippen molar-refractivity contribution < 1.29 is 0 Å². The summed E-state index contributed by atoms with van der Waals surface area (Å²) >= 11 is 0. The number of nitrogens with zero attached hydrogens (tertiary/aromatic N) is 1. The number of hydrogen-bond acceptors (Lipinski definition) is 2. The van der Waals surface area contributed by atoms with Crippen molar-refractivity contribution in [3.05, 3.63) is 42.2 Å². The minimum Gasteiger partial charge on any atom is -0.316 e. The summed E-state index contributed by atoms with van der Waals surface area (Å²) in [7, 11) is 1.95. The topological polar surface area (TPSA) is 24.9 Å². The molecule has 1 N–H and O–H groups in total. The fourth-order valence-corrected chi connectivity index (χ4v) is 1.52. The average molecular weight is 172 g/mol. The lowest BCUT2D eigenvalue weighted by atomic mass is 10.1. The van der Waals surface area contributed by atoms with Crippen molar-refractivity contribution in [2.24, 2.45) is 0 Å². The summed E-state index contributed by atoms with van der Waals surface area (Å²) in [5, 5.41) is 5.64. The van der Waals surface area contributed by atoms with Crippen LogP contribution in [0.2, 0.25) is 0 Å². The fraction of sp³-hybridized carbons (Fsp3) is 0.182. The molecule has 0 radical (unpaired) electrons. The second-order valence-electron chi connectivity index (χ2n) is 3.04. The van der Waals surface area contributed by atoms with Crippen LogP contribution in [0.1, 0.15) is 5.56 Å². The molecule has 0 bridgehead atoms. The van der Waals surface area contributed by atoms with Crippen LogP contribution in [0.25, 0.3) is 10.8 Å². The van der Waals surface area contributed by atoms with Gasteiger partial charge in [-0.2, -0.15) is 0 Å². The quantitative estimate of drug-likeness (QED) is 0.749. The summed E-state index contributed by atoms with van der Waals surface area (Å²) in [5.74, 6) is 0. The van der Waals surface area contributed by atoms with Crippen molar-refractivity contribution in [3.8, 4) is 0 Å². The van der Waals surface area contributed by atoms with Crippen molar-refractivity contribution in [2.45, 2.75) is 6.54 Å². The van der Waals surface area contributed by atoms with Gasteiger partial charge in [0.2, 0.25) is 0 Å². The number of pyridine rings is 1. The molecule has 2 rings (SSSR count). The van der Waals surface area contributed by atoms with E-state index in [9.17, 15) is 0 Å². The number of aromatic nitrogens is 1. The second kappa shape index (κ2) is 3.54. The van der Waals surface area contributed by atoms with Gasteiger partial charge in [-0.15, -0.1) is 0 Å². The number of hydrogen-bond donors (Lipinski definition) is 1. The van der Waals surface area contributed by atoms with E-state index >= 15 is 0 Å². The zero-order valence-corrected chi connectivity index (χ0v) is 7.62. The van der Waals surface area contributed by atoms with E-state index in [1.165, 1.54) is 16.3 Å². The highest BCUT2D eigenvalue weighted by Gasteiger charge is 1.97. The third kappa shape index (κ3) is 1.53. The largest absolute Gasteiger partial charge is 0.316 e. The summed E-state index contributed by atoms with van der Waals surface area (Å²) < 4.78 is 0. The van der Waals surface area contributed by atoms with Gasteiger partial charge in [0, 0.05) is 24.3 Å². The maximum atomic E-state index is 4.13. The molecule has 0 fully saturated rings. The first-order valence-corrected chi connectivity index (χ1v) is 4.38. The molecule has 1 aromatic heterocycles. The highest BCUT2D eigenvalue weighted by molar-refractivity contribution is 5.84. The molecular weight excluding hydrogens is 160 g/mol. The molecule has 0 amide bonds. The normalized spacial score (nSPS) is 10.5. The van der Waals surface area contributed by atoms with Gasteiger partial charge in [0.15, 0.2) is 0 Å². The van der Waals surface area contributed by atoms with E-state index < -0.39 is 0 Å². The van der Waals surface area contributed by atoms with Gasteiger partial charge in [-0.05, 0) is 24.1 Å². The maximum Gasteiger partial charge on any atom is 0.0349 e. The van der Waals surface area contributed by atoms with E-state index in [0.717, 1.165) is 6.54 Å². The fourth-order valence-electron chi connectivity index (χ4n) is 1.52. The Morgan fingerprint density at radius 1 is 1.31 bits per heavy atom. The van der Waals surface area contributed by atoms with Crippen LogP contribution in [0.15, 0.2) is 36.7 Å². The first-order chi connectivity index (χ1) is 6.42. The molecule has 2 heteroatoms. The van der Waals surface area contributed by atoms with Gasteiger partial charge in [0.1, 0.15) is 0 Å². The van der Waals surface area contributed by atoms with E-state index in [2.05, 4.69) is 28.5 Å². The Hall–Kier alpha value is -1.41. The minimum absolute atomic E-state index is 0.892. The number of nitrogens with one attached hydrogen (secondary N) is 1. The highest BCUT2D eigenvalue weighted by Crippen LogP contribution is 2.16. The van der Waals surface area contributed by atoms with Crippen LogP contribution in [-0.4, -0.2) is 12.0 Å². The van der Waals surface area contributed by atoms with Crippen molar-refractivity contribution >= 4 is 10.8 Å². The van der Waals surface area contributed by atoms with Gasteiger partial charge in [0.05, 0.1) is 0 Å². The summed E-state index contributed by atoms with van der Waals surface area (Å²) in [6, 6.07) is 8.35. The SMILES string of the molecule is CNCc1cccc2ccncc12. The van der Waals surface area contributed by atoms with Crippen LogP contribution in [0.4, 0.5) is 0 Å². The molecule has 0 spiro atoms. The maximum absolute atomic E-state index is 4.13. The highest BCUT2D eigenvalue weighted by atomic mass is 14.8. The molecule has 0 aliphatic heterocycles. The van der Waals surface area contributed by atoms with Gasteiger partial charge in [0.25, 0.3) is 0 Å². The van der Waals surface area contributed by atoms with E-state index in [0.29, 0.717) is 0 Å². The van der Waals surface area contributed by atoms with Crippen LogP contribution in [0, 0.1) is 0 Å². The Kier molecular flexibility index (Phi) is 2.23. The first kappa shape index (κ1) is 8.20. The minimum atomic E-state index is 0.892. The van der Waals surface area contributed by atoms with Crippen molar-refractivity contribution in [1.29, 1.82) is 0 Å². The Bertz CT molecular complexity index is 404. The van der Waals surface area contributed by atoms with Crippen LogP contribution < -0.4 is 5.32 Å². The summed E-state index contributed by atoms with van der Waals surface area (Å²) in [4.78, 5) is 4.13. The summed E-state index contributed by atoms with van der Waals surface area (Å²) in [6.07, 6.45) is 3.74. The van der Waals surface area contributed by atoms with Crippen LogP contribution in [0.5, 0.6) is 0 Å². The van der Waals surface area contributed by atoms with Gasteiger partial charge in [-0.3, -0.25) is 4.98 Å². The molecule has 2 aromatic rings. The average Bonchev–Trinajstić information content (AvgIpc) is 2.19. The van der Waals surface area contributed by atoms with Crippen molar-refractivity contribution in [1.82, 2.24) is 10.3 Å². The van der Waals surface area contributed by atoms with Gasteiger partial charge >= 0.3 is 0 Å². The lowest BCUT2D eigenvalue weighted by Crippen LogP contribution is -2.05. The van der Waals surface area contributed by atoms with E-state index in [4.69, 9.17) is 0 Å². The Morgan fingerprint density at radius 3 is 3.08 bits per heavy atom. The predicted molar refractivity (Wildman–Crippen MR) is 54.5 cm³/mol. The molecule has 2 nitrogen and oxygen atoms in total. The van der Waals surface area contributed by atoms with Crippen LogP contribution >= 0.6 is 0 Å². The molecule has 0 saturated heterocycles. The van der Waals surface area contributed by atoms with Gasteiger partial charge in [-0.1, -0.05) is 18.2 Å². The first-order valence-electron chi connectivity index (χ1n) is 4.38. The van der Waals surface area contributed by atoms with Crippen molar-refractivity contribution in [3.63, 3.8) is 0 Å². The Morgan fingerprint density at radius 2 is 2.23 bits per heavy atom. The second-order valence-corrected chi connectivity index (χ2v) is 3.04. The van der Waals surface area contributed by atoms with E-state index in [1.54, 1.807) is 0 Å². The van der Waals surface area contributed by atoms with Gasteiger partial charge < -0.3 is 5.32 Å². The molecule has 1 heterocycles. The number of fused-ring (bicyclic) bond motifs is 1. The third-order valence-corrected chi connectivity index (χ3v) is 2.14. The predicted octanol–water partition coefficient (Wildman–Crippen LogP) is 1.95. The smallest absolute Gasteiger partial charge is 0.0349 e. The zero-order valence-electron chi connectivity index (χ0n) is 7.62. The van der Waals surface area contributed by atoms with Crippen molar-refractivity contribution in [2.75, 3.05) is 7.05 Å². The Balaban J connectivity index is 2.61. The molecule has 0 atom stereocenters. The monoisotopic (exact) mass is 172 g/mol. The Labute approximate surface area is 77.6 Å². The number of rotatable bonds is 2. The van der Waals surface area contributed by atoms with Crippen LogP contribution in [0.3, 0.4) is 0 Å². The molecule has 13 heavy (non-hydrogen) atoms. The summed E-state index contributed by atoms with van der Waals surface area (Å²) in [6.45, 7) is 0.892. The summed E-state index contributed by atoms with van der Waals surface area (Å²) in [5.41, 5.74) is 1.30. The van der Waals surface area contributed by atoms with Gasteiger partial charge in [-0.25, -0.2) is 0 Å². The molecule has 66 valence electrons. The van der Waals surface area contributed by atoms with E-state index in [1.807, 2.05) is 25.5 Å². The third-order valence-electron chi connectivity index (χ3n) is 2.14. The standard InChI is InChI=1S/C11H12N2/c1-12-7-10-4-2-3-9-5-6-13-8-11(9)10/h2-6,8,12H,7H2,1H3. The molecular formula is C11H12N2. The lowest BCUT2D eigenvalue weighted by molar-refractivity contribution is 0.823. The zero-order chi connectivity index (χ0) is 9.10. The molecule has 0 saturated carbocycles. The van der Waals surface area contributed by atoms with Crippen LogP contribution in [-0.2, 0) is 6.54 Å². The number of benzene rings is 1. The van der Waals surface area contributed by atoms with E-state index in [-0.39, 0.29) is 0 Å². The lowest BCUT2D eigenvalue weighted by Gasteiger charge is -2.04. The molecule has 0 aliphatic rings. The molecule has 0 aliphatic carbocycles.